The van der Waals surface area contributed by atoms with Gasteiger partial charge in [0, 0.05) is 18.7 Å². The van der Waals surface area contributed by atoms with Gasteiger partial charge in [0.2, 0.25) is 11.5 Å². The van der Waals surface area contributed by atoms with E-state index in [4.69, 9.17) is 30.5 Å². The van der Waals surface area contributed by atoms with Gasteiger partial charge in [-0.2, -0.15) is 0 Å². The maximum atomic E-state index is 12.7. The summed E-state index contributed by atoms with van der Waals surface area (Å²) in [5.74, 6) is 1.09. The first kappa shape index (κ1) is 29.8. The lowest BCUT2D eigenvalue weighted by Gasteiger charge is -2.22. The minimum atomic E-state index is -0.512. The number of carbonyl (C=O) groups is 2. The van der Waals surface area contributed by atoms with Crippen LogP contribution in [0.25, 0.3) is 10.8 Å². The molecule has 7 heteroatoms. The Morgan fingerprint density at radius 1 is 0.833 bits per heavy atom. The standard InChI is InChI=1S/C29H41ClO6/c1-7-8-16-24(32)36-26-22-14-9-15-23(30)25(22)27(35-21(6)31)29(34-18-11-13-20(4)5)28(26)33-17-10-12-19(2)3/h9,14-15,19-20H,7-8,10-13,16-18H2,1-6H3. The summed E-state index contributed by atoms with van der Waals surface area (Å²) in [5, 5.41) is 1.33. The topological polar surface area (TPSA) is 71.1 Å². The molecule has 0 atom stereocenters. The van der Waals surface area contributed by atoms with Crippen molar-refractivity contribution < 1.29 is 28.5 Å². The second-order valence-electron chi connectivity index (χ2n) is 9.92. The number of hydrogen-bond donors (Lipinski definition) is 0. The highest BCUT2D eigenvalue weighted by atomic mass is 35.5. The monoisotopic (exact) mass is 520 g/mol. The van der Waals surface area contributed by atoms with Crippen LogP contribution in [-0.2, 0) is 9.59 Å². The highest BCUT2D eigenvalue weighted by Gasteiger charge is 2.28. The molecule has 0 aliphatic rings. The Kier molecular flexibility index (Phi) is 12.3. The molecule has 0 radical (unpaired) electrons. The van der Waals surface area contributed by atoms with E-state index in [9.17, 15) is 9.59 Å². The molecule has 6 nitrogen and oxygen atoms in total. The maximum absolute atomic E-state index is 12.7. The van der Waals surface area contributed by atoms with E-state index in [-0.39, 0.29) is 35.4 Å². The first-order valence-corrected chi connectivity index (χ1v) is 13.5. The summed E-state index contributed by atoms with van der Waals surface area (Å²) in [6.07, 6.45) is 5.43. The number of esters is 2. The van der Waals surface area contributed by atoms with Crippen LogP contribution in [0, 0.1) is 11.8 Å². The molecule has 0 saturated carbocycles. The van der Waals surface area contributed by atoms with Crippen molar-refractivity contribution in [2.24, 2.45) is 11.8 Å². The van der Waals surface area contributed by atoms with Gasteiger partial charge in [0.25, 0.3) is 0 Å². The van der Waals surface area contributed by atoms with Crippen molar-refractivity contribution in [1.82, 2.24) is 0 Å². The molecule has 36 heavy (non-hydrogen) atoms. The van der Waals surface area contributed by atoms with Crippen molar-refractivity contribution in [3.05, 3.63) is 23.2 Å². The van der Waals surface area contributed by atoms with E-state index in [2.05, 4.69) is 27.7 Å². The summed E-state index contributed by atoms with van der Waals surface area (Å²) in [7, 11) is 0. The van der Waals surface area contributed by atoms with Crippen LogP contribution in [0.5, 0.6) is 23.0 Å². The Balaban J connectivity index is 2.68. The molecule has 0 bridgehead atoms. The molecular formula is C29H41ClO6. The smallest absolute Gasteiger partial charge is 0.311 e. The van der Waals surface area contributed by atoms with Crippen molar-refractivity contribution >= 4 is 34.3 Å². The molecule has 2 rings (SSSR count). The summed E-state index contributed by atoms with van der Waals surface area (Å²) in [6, 6.07) is 5.24. The lowest BCUT2D eigenvalue weighted by atomic mass is 10.1. The van der Waals surface area contributed by atoms with E-state index >= 15 is 0 Å². The van der Waals surface area contributed by atoms with Gasteiger partial charge in [-0.25, -0.2) is 0 Å². The highest BCUT2D eigenvalue weighted by Crippen LogP contribution is 2.53. The Bertz CT molecular complexity index is 1010. The third kappa shape index (κ3) is 8.88. The first-order valence-electron chi connectivity index (χ1n) is 13.1. The third-order valence-electron chi connectivity index (χ3n) is 5.64. The van der Waals surface area contributed by atoms with E-state index in [0.717, 1.165) is 32.1 Å². The Morgan fingerprint density at radius 2 is 1.42 bits per heavy atom. The van der Waals surface area contributed by atoms with Gasteiger partial charge in [-0.3, -0.25) is 9.59 Å². The summed E-state index contributed by atoms with van der Waals surface area (Å²) in [5.41, 5.74) is 0. The van der Waals surface area contributed by atoms with Crippen LogP contribution in [-0.4, -0.2) is 25.2 Å². The van der Waals surface area contributed by atoms with Crippen LogP contribution in [0.4, 0.5) is 0 Å². The van der Waals surface area contributed by atoms with Gasteiger partial charge in [0.1, 0.15) is 0 Å². The SMILES string of the molecule is CCCCC(=O)Oc1c(OCCCC(C)C)c(OCCCC(C)C)c(OC(C)=O)c2c(Cl)cccc12. The lowest BCUT2D eigenvalue weighted by Crippen LogP contribution is -2.13. The summed E-state index contributed by atoms with van der Waals surface area (Å²) in [4.78, 5) is 24.9. The maximum Gasteiger partial charge on any atom is 0.311 e. The molecule has 0 amide bonds. The van der Waals surface area contributed by atoms with Crippen molar-refractivity contribution in [2.45, 2.75) is 86.5 Å². The lowest BCUT2D eigenvalue weighted by molar-refractivity contribution is -0.135. The molecule has 0 aromatic heterocycles. The van der Waals surface area contributed by atoms with Gasteiger partial charge in [-0.1, -0.05) is 64.8 Å². The third-order valence-corrected chi connectivity index (χ3v) is 5.96. The fraction of sp³-hybridized carbons (Fsp3) is 0.586. The Labute approximate surface area is 220 Å². The fourth-order valence-electron chi connectivity index (χ4n) is 3.81. The van der Waals surface area contributed by atoms with E-state index in [1.54, 1.807) is 18.2 Å². The van der Waals surface area contributed by atoms with E-state index in [0.29, 0.717) is 47.3 Å². The highest BCUT2D eigenvalue weighted by molar-refractivity contribution is 6.36. The Morgan fingerprint density at radius 3 is 1.94 bits per heavy atom. The van der Waals surface area contributed by atoms with Crippen LogP contribution in [0.2, 0.25) is 5.02 Å². The van der Waals surface area contributed by atoms with Crippen LogP contribution in [0.15, 0.2) is 18.2 Å². The van der Waals surface area contributed by atoms with Crippen LogP contribution < -0.4 is 18.9 Å². The van der Waals surface area contributed by atoms with Crippen molar-refractivity contribution in [1.29, 1.82) is 0 Å². The molecule has 0 saturated heterocycles. The fourth-order valence-corrected chi connectivity index (χ4v) is 4.07. The number of carbonyl (C=O) groups excluding carboxylic acids is 2. The average molecular weight is 521 g/mol. The number of rotatable bonds is 15. The quantitative estimate of drug-likeness (QED) is 0.134. The second-order valence-corrected chi connectivity index (χ2v) is 10.3. The minimum absolute atomic E-state index is 0.180. The van der Waals surface area contributed by atoms with E-state index in [1.165, 1.54) is 6.92 Å². The number of ether oxygens (including phenoxy) is 4. The molecule has 2 aromatic carbocycles. The summed E-state index contributed by atoms with van der Waals surface area (Å²) < 4.78 is 24.0. The molecule has 0 spiro atoms. The van der Waals surface area contributed by atoms with Gasteiger partial charge in [-0.15, -0.1) is 0 Å². The molecule has 0 aliphatic carbocycles. The predicted molar refractivity (Wildman–Crippen MR) is 145 cm³/mol. The number of hydrogen-bond acceptors (Lipinski definition) is 6. The number of halogens is 1. The molecule has 2 aromatic rings. The van der Waals surface area contributed by atoms with E-state index in [1.807, 2.05) is 6.92 Å². The number of benzene rings is 2. The second kappa shape index (κ2) is 14.9. The van der Waals surface area contributed by atoms with Gasteiger partial charge in [0.05, 0.1) is 23.6 Å². The zero-order valence-electron chi connectivity index (χ0n) is 22.6. The molecule has 0 fully saturated rings. The van der Waals surface area contributed by atoms with Gasteiger partial charge < -0.3 is 18.9 Å². The molecule has 0 N–H and O–H groups in total. The molecule has 0 aliphatic heterocycles. The van der Waals surface area contributed by atoms with Gasteiger partial charge in [-0.05, 0) is 50.0 Å². The zero-order valence-corrected chi connectivity index (χ0v) is 23.3. The zero-order chi connectivity index (χ0) is 26.7. The molecule has 0 heterocycles. The van der Waals surface area contributed by atoms with Crippen LogP contribution in [0.3, 0.4) is 0 Å². The number of fused-ring (bicyclic) bond motifs is 1. The van der Waals surface area contributed by atoms with Crippen molar-refractivity contribution in [2.75, 3.05) is 13.2 Å². The largest absolute Gasteiger partial charge is 0.486 e. The summed E-state index contributed by atoms with van der Waals surface area (Å²) in [6.45, 7) is 12.7. The van der Waals surface area contributed by atoms with E-state index < -0.39 is 5.97 Å². The minimum Gasteiger partial charge on any atom is -0.486 e. The van der Waals surface area contributed by atoms with Crippen molar-refractivity contribution in [3.63, 3.8) is 0 Å². The molecule has 0 unspecified atom stereocenters. The Hall–Kier alpha value is -2.47. The number of unbranched alkanes of at least 4 members (excludes halogenated alkanes) is 1. The first-order chi connectivity index (χ1) is 17.1. The average Bonchev–Trinajstić information content (AvgIpc) is 2.80. The molecular weight excluding hydrogens is 480 g/mol. The van der Waals surface area contributed by atoms with Gasteiger partial charge in [0.15, 0.2) is 11.5 Å². The molecule has 200 valence electrons. The summed E-state index contributed by atoms with van der Waals surface area (Å²) >= 11 is 6.60. The normalized spacial score (nSPS) is 11.2. The predicted octanol–water partition coefficient (Wildman–Crippen LogP) is 8.14. The van der Waals surface area contributed by atoms with Crippen LogP contribution in [0.1, 0.15) is 86.5 Å². The van der Waals surface area contributed by atoms with Crippen LogP contribution >= 0.6 is 11.6 Å². The van der Waals surface area contributed by atoms with Gasteiger partial charge >= 0.3 is 11.9 Å². The van der Waals surface area contributed by atoms with Crippen molar-refractivity contribution in [3.8, 4) is 23.0 Å².